The van der Waals surface area contributed by atoms with Crippen molar-refractivity contribution in [3.63, 3.8) is 0 Å². The van der Waals surface area contributed by atoms with Crippen molar-refractivity contribution in [3.8, 4) is 0 Å². The van der Waals surface area contributed by atoms with Crippen LogP contribution in [0.15, 0.2) is 0 Å². The van der Waals surface area contributed by atoms with Crippen LogP contribution in [0, 0.1) is 19.8 Å². The van der Waals surface area contributed by atoms with Gasteiger partial charge >= 0.3 is 0 Å². The molecule has 112 valence electrons. The highest BCUT2D eigenvalue weighted by Gasteiger charge is 2.45. The van der Waals surface area contributed by atoms with E-state index in [4.69, 9.17) is 0 Å². The monoisotopic (exact) mass is 279 g/mol. The molecule has 0 atom stereocenters. The van der Waals surface area contributed by atoms with Crippen LogP contribution in [0.1, 0.15) is 37.2 Å². The van der Waals surface area contributed by atoms with Crippen molar-refractivity contribution in [1.82, 2.24) is 14.7 Å². The van der Waals surface area contributed by atoms with Crippen molar-refractivity contribution < 1.29 is 9.90 Å². The minimum absolute atomic E-state index is 0.123. The highest BCUT2D eigenvalue weighted by atomic mass is 16.3. The summed E-state index contributed by atoms with van der Waals surface area (Å²) in [6.45, 7) is 8.92. The average molecular weight is 279 g/mol. The minimum Gasteiger partial charge on any atom is -0.386 e. The summed E-state index contributed by atoms with van der Waals surface area (Å²) in [5.41, 5.74) is 2.61. The zero-order chi connectivity index (χ0) is 15.1. The molecule has 5 heteroatoms. The molecule has 5 nitrogen and oxygen atoms in total. The SMILES string of the molecule is Cc1nn(C)c(C)c1CCC(=O)N1CC(O)(C(C)C)C1. The van der Waals surface area contributed by atoms with Crippen molar-refractivity contribution in [3.05, 3.63) is 17.0 Å². The highest BCUT2D eigenvalue weighted by Crippen LogP contribution is 2.29. The van der Waals surface area contributed by atoms with Gasteiger partial charge in [0.1, 0.15) is 5.60 Å². The molecule has 1 N–H and O–H groups in total. The molecule has 1 aromatic rings. The van der Waals surface area contributed by atoms with Gasteiger partial charge in [-0.15, -0.1) is 0 Å². The Morgan fingerprint density at radius 3 is 2.45 bits per heavy atom. The van der Waals surface area contributed by atoms with Gasteiger partial charge < -0.3 is 10.0 Å². The van der Waals surface area contributed by atoms with Crippen LogP contribution in [0.25, 0.3) is 0 Å². The molecule has 1 saturated heterocycles. The Labute approximate surface area is 120 Å². The van der Waals surface area contributed by atoms with Gasteiger partial charge in [0.15, 0.2) is 0 Å². The van der Waals surface area contributed by atoms with E-state index in [1.807, 2.05) is 39.4 Å². The molecule has 0 aliphatic carbocycles. The molecule has 0 bridgehead atoms. The summed E-state index contributed by atoms with van der Waals surface area (Å²) < 4.78 is 1.86. The molecule has 0 saturated carbocycles. The summed E-state index contributed by atoms with van der Waals surface area (Å²) in [4.78, 5) is 13.9. The molecular formula is C15H25N3O2. The topological polar surface area (TPSA) is 58.4 Å². The van der Waals surface area contributed by atoms with Gasteiger partial charge in [0.2, 0.25) is 5.91 Å². The molecule has 0 spiro atoms. The number of nitrogens with zero attached hydrogens (tertiary/aromatic N) is 3. The smallest absolute Gasteiger partial charge is 0.223 e. The highest BCUT2D eigenvalue weighted by molar-refractivity contribution is 5.77. The molecule has 1 aliphatic rings. The second-order valence-corrected chi connectivity index (χ2v) is 6.28. The molecule has 1 amide bonds. The molecule has 20 heavy (non-hydrogen) atoms. The fourth-order valence-corrected chi connectivity index (χ4v) is 2.73. The van der Waals surface area contributed by atoms with Gasteiger partial charge in [-0.05, 0) is 31.7 Å². The Hall–Kier alpha value is -1.36. The first-order chi connectivity index (χ1) is 9.24. The normalized spacial score (nSPS) is 17.4. The Kier molecular flexibility index (Phi) is 3.91. The standard InChI is InChI=1S/C15H25N3O2/c1-10(2)15(20)8-18(9-15)14(19)7-6-13-11(3)16-17(5)12(13)4/h10,20H,6-9H2,1-5H3. The summed E-state index contributed by atoms with van der Waals surface area (Å²) in [5.74, 6) is 0.312. The molecule has 1 aromatic heterocycles. The fraction of sp³-hybridized carbons (Fsp3) is 0.733. The number of hydrogen-bond donors (Lipinski definition) is 1. The predicted molar refractivity (Wildman–Crippen MR) is 77.4 cm³/mol. The van der Waals surface area contributed by atoms with Gasteiger partial charge in [0.25, 0.3) is 0 Å². The molecule has 1 aliphatic heterocycles. The molecule has 2 rings (SSSR count). The van der Waals surface area contributed by atoms with Gasteiger partial charge in [0, 0.05) is 19.2 Å². The lowest BCUT2D eigenvalue weighted by Gasteiger charge is -2.49. The van der Waals surface area contributed by atoms with Gasteiger partial charge in [0.05, 0.1) is 18.8 Å². The number of likely N-dealkylation sites (tertiary alicyclic amines) is 1. The van der Waals surface area contributed by atoms with Crippen LogP contribution in [0.3, 0.4) is 0 Å². The predicted octanol–water partition coefficient (Wildman–Crippen LogP) is 1.20. The lowest BCUT2D eigenvalue weighted by molar-refractivity contribution is -0.163. The molecule has 1 fully saturated rings. The Morgan fingerprint density at radius 1 is 1.40 bits per heavy atom. The Morgan fingerprint density at radius 2 is 2.00 bits per heavy atom. The van der Waals surface area contributed by atoms with E-state index in [9.17, 15) is 9.90 Å². The van der Waals surface area contributed by atoms with Crippen LogP contribution < -0.4 is 0 Å². The largest absolute Gasteiger partial charge is 0.386 e. The number of β-amino-alcohol motifs (C(OH)–C–C–N with tert-alkyl or cyclic N) is 1. The van der Waals surface area contributed by atoms with Crippen molar-refractivity contribution >= 4 is 5.91 Å². The average Bonchev–Trinajstić information content (AvgIpc) is 2.56. The van der Waals surface area contributed by atoms with Gasteiger partial charge in [-0.2, -0.15) is 5.10 Å². The maximum absolute atomic E-state index is 12.1. The fourth-order valence-electron chi connectivity index (χ4n) is 2.73. The molecule has 2 heterocycles. The first kappa shape index (κ1) is 15.0. The van der Waals surface area contributed by atoms with Crippen molar-refractivity contribution in [1.29, 1.82) is 0 Å². The summed E-state index contributed by atoms with van der Waals surface area (Å²) in [7, 11) is 1.92. The summed E-state index contributed by atoms with van der Waals surface area (Å²) >= 11 is 0. The molecule has 0 radical (unpaired) electrons. The minimum atomic E-state index is -0.685. The number of amides is 1. The van der Waals surface area contributed by atoms with Crippen LogP contribution >= 0.6 is 0 Å². The van der Waals surface area contributed by atoms with Gasteiger partial charge in [-0.1, -0.05) is 13.8 Å². The summed E-state index contributed by atoms with van der Waals surface area (Å²) in [6.07, 6.45) is 1.21. The molecular weight excluding hydrogens is 254 g/mol. The molecule has 0 unspecified atom stereocenters. The van der Waals surface area contributed by atoms with E-state index in [0.717, 1.165) is 17.8 Å². The zero-order valence-corrected chi connectivity index (χ0v) is 13.1. The second kappa shape index (κ2) is 5.20. The van der Waals surface area contributed by atoms with E-state index in [-0.39, 0.29) is 11.8 Å². The zero-order valence-electron chi connectivity index (χ0n) is 13.1. The number of hydrogen-bond acceptors (Lipinski definition) is 3. The number of aromatic nitrogens is 2. The number of aryl methyl sites for hydroxylation is 2. The van der Waals surface area contributed by atoms with Gasteiger partial charge in [-0.3, -0.25) is 9.48 Å². The van der Waals surface area contributed by atoms with E-state index >= 15 is 0 Å². The van der Waals surface area contributed by atoms with Crippen LogP contribution in [0.5, 0.6) is 0 Å². The maximum Gasteiger partial charge on any atom is 0.223 e. The van der Waals surface area contributed by atoms with Crippen LogP contribution in [0.4, 0.5) is 0 Å². The summed E-state index contributed by atoms with van der Waals surface area (Å²) in [6, 6.07) is 0. The first-order valence-electron chi connectivity index (χ1n) is 7.24. The number of aliphatic hydroxyl groups is 1. The van der Waals surface area contributed by atoms with E-state index in [1.54, 1.807) is 4.90 Å². The first-order valence-corrected chi connectivity index (χ1v) is 7.24. The third kappa shape index (κ3) is 2.59. The Bertz CT molecular complexity index is 513. The number of carbonyl (C=O) groups excluding carboxylic acids is 1. The van der Waals surface area contributed by atoms with Crippen LogP contribution in [-0.2, 0) is 18.3 Å². The second-order valence-electron chi connectivity index (χ2n) is 6.28. The van der Waals surface area contributed by atoms with Crippen molar-refractivity contribution in [2.24, 2.45) is 13.0 Å². The number of rotatable bonds is 4. The quantitative estimate of drug-likeness (QED) is 0.901. The van der Waals surface area contributed by atoms with E-state index in [1.165, 1.54) is 5.56 Å². The van der Waals surface area contributed by atoms with Crippen molar-refractivity contribution in [2.75, 3.05) is 13.1 Å². The van der Waals surface area contributed by atoms with E-state index < -0.39 is 5.60 Å². The summed E-state index contributed by atoms with van der Waals surface area (Å²) in [5, 5.41) is 14.5. The third-order valence-electron chi connectivity index (χ3n) is 4.60. The number of carbonyl (C=O) groups is 1. The van der Waals surface area contributed by atoms with E-state index in [2.05, 4.69) is 5.10 Å². The third-order valence-corrected chi connectivity index (χ3v) is 4.60. The maximum atomic E-state index is 12.1. The van der Waals surface area contributed by atoms with Crippen LogP contribution in [-0.4, -0.2) is 44.4 Å². The molecule has 0 aromatic carbocycles. The van der Waals surface area contributed by atoms with Gasteiger partial charge in [-0.25, -0.2) is 0 Å². The Balaban J connectivity index is 1.88. The lowest BCUT2D eigenvalue weighted by atomic mass is 9.83. The lowest BCUT2D eigenvalue weighted by Crippen LogP contribution is -2.66. The van der Waals surface area contributed by atoms with Crippen molar-refractivity contribution in [2.45, 2.75) is 46.1 Å². The van der Waals surface area contributed by atoms with Crippen LogP contribution in [0.2, 0.25) is 0 Å². The van der Waals surface area contributed by atoms with E-state index in [0.29, 0.717) is 19.5 Å².